The highest BCUT2D eigenvalue weighted by molar-refractivity contribution is 7.09. The highest BCUT2D eigenvalue weighted by Crippen LogP contribution is 2.20. The predicted molar refractivity (Wildman–Crippen MR) is 79.0 cm³/mol. The fourth-order valence-corrected chi connectivity index (χ4v) is 2.93. The Hall–Kier alpha value is -1.73. The van der Waals surface area contributed by atoms with Gasteiger partial charge in [-0.15, -0.1) is 11.3 Å². The molecular formula is C14H18N2O4S. The minimum Gasteiger partial charge on any atom is -0.481 e. The Bertz CT molecular complexity index is 555. The first-order valence-corrected chi connectivity index (χ1v) is 7.62. The Kier molecular flexibility index (Phi) is 5.08. The Morgan fingerprint density at radius 3 is 2.90 bits per heavy atom. The maximum absolute atomic E-state index is 12.3. The molecule has 2 unspecified atom stereocenters. The number of carbonyl (C=O) groups excluding carboxylic acids is 1. The van der Waals surface area contributed by atoms with Crippen molar-refractivity contribution in [2.24, 2.45) is 5.92 Å². The fourth-order valence-electron chi connectivity index (χ4n) is 2.35. The molecule has 0 bridgehead atoms. The molecule has 1 aromatic rings. The van der Waals surface area contributed by atoms with Gasteiger partial charge in [-0.3, -0.25) is 9.59 Å². The molecule has 0 spiro atoms. The van der Waals surface area contributed by atoms with Gasteiger partial charge in [-0.05, 0) is 19.9 Å². The average Bonchev–Trinajstić information content (AvgIpc) is 3.06. The molecule has 7 heteroatoms. The van der Waals surface area contributed by atoms with Crippen LogP contribution in [0.1, 0.15) is 17.6 Å². The molecule has 21 heavy (non-hydrogen) atoms. The Morgan fingerprint density at radius 2 is 2.33 bits per heavy atom. The number of aromatic nitrogens is 1. The maximum Gasteiger partial charge on any atom is 0.311 e. The van der Waals surface area contributed by atoms with E-state index in [9.17, 15) is 14.7 Å². The number of aryl methyl sites for hydroxylation is 1. The molecule has 114 valence electrons. The number of hydrogen-bond donors (Lipinski definition) is 1. The van der Waals surface area contributed by atoms with Crippen LogP contribution in [-0.2, 0) is 14.3 Å². The number of hydrogen-bond acceptors (Lipinski definition) is 5. The molecule has 2 heterocycles. The summed E-state index contributed by atoms with van der Waals surface area (Å²) in [4.78, 5) is 29.3. The molecule has 0 radical (unpaired) electrons. The van der Waals surface area contributed by atoms with Crippen LogP contribution in [0.25, 0.3) is 6.08 Å². The number of carboxylic acid groups (broad SMARTS) is 1. The van der Waals surface area contributed by atoms with Crippen LogP contribution < -0.4 is 0 Å². The number of carbonyl (C=O) groups is 2. The molecule has 1 aromatic heterocycles. The molecule has 0 saturated carbocycles. The van der Waals surface area contributed by atoms with Crippen LogP contribution in [0.5, 0.6) is 0 Å². The summed E-state index contributed by atoms with van der Waals surface area (Å²) in [6.45, 7) is 4.58. The first-order valence-electron chi connectivity index (χ1n) is 6.74. The van der Waals surface area contributed by atoms with Crippen molar-refractivity contribution >= 4 is 29.3 Å². The lowest BCUT2D eigenvalue weighted by molar-refractivity contribution is -0.144. The predicted octanol–water partition coefficient (Wildman–Crippen LogP) is 1.41. The summed E-state index contributed by atoms with van der Waals surface area (Å²) in [7, 11) is 0. The Morgan fingerprint density at radius 1 is 1.57 bits per heavy atom. The van der Waals surface area contributed by atoms with Crippen LogP contribution in [0.4, 0.5) is 0 Å². The quantitative estimate of drug-likeness (QED) is 0.832. The topological polar surface area (TPSA) is 79.7 Å². The number of rotatable bonds is 5. The van der Waals surface area contributed by atoms with Crippen molar-refractivity contribution in [1.82, 2.24) is 9.88 Å². The van der Waals surface area contributed by atoms with E-state index < -0.39 is 17.9 Å². The zero-order valence-electron chi connectivity index (χ0n) is 12.0. The maximum atomic E-state index is 12.3. The molecule has 0 aromatic carbocycles. The number of ether oxygens (including phenoxy) is 1. The fraction of sp³-hybridized carbons (Fsp3) is 0.500. The number of aliphatic carboxylic acids is 1. The highest BCUT2D eigenvalue weighted by Gasteiger charge is 2.38. The first kappa shape index (κ1) is 15.7. The molecule has 0 aliphatic carbocycles. The molecule has 2 atom stereocenters. The van der Waals surface area contributed by atoms with Gasteiger partial charge < -0.3 is 14.7 Å². The van der Waals surface area contributed by atoms with Crippen molar-refractivity contribution in [3.8, 4) is 0 Å². The largest absolute Gasteiger partial charge is 0.481 e. The summed E-state index contributed by atoms with van der Waals surface area (Å²) in [5.74, 6) is -1.81. The highest BCUT2D eigenvalue weighted by atomic mass is 32.1. The molecule has 1 aliphatic heterocycles. The monoisotopic (exact) mass is 310 g/mol. The van der Waals surface area contributed by atoms with E-state index in [-0.39, 0.29) is 19.1 Å². The van der Waals surface area contributed by atoms with Crippen LogP contribution in [-0.4, -0.2) is 52.7 Å². The molecule has 1 N–H and O–H groups in total. The van der Waals surface area contributed by atoms with E-state index in [2.05, 4.69) is 4.98 Å². The van der Waals surface area contributed by atoms with Gasteiger partial charge in [0.25, 0.3) is 0 Å². The molecule has 1 fully saturated rings. The van der Waals surface area contributed by atoms with E-state index in [1.807, 2.05) is 19.2 Å². The SMILES string of the molecule is CCN(C(=O)C=Cc1csc(C)n1)C1COCC1C(=O)O. The van der Waals surface area contributed by atoms with Gasteiger partial charge >= 0.3 is 5.97 Å². The van der Waals surface area contributed by atoms with Crippen LogP contribution in [0.3, 0.4) is 0 Å². The van der Waals surface area contributed by atoms with Crippen molar-refractivity contribution in [1.29, 1.82) is 0 Å². The number of thiazole rings is 1. The van der Waals surface area contributed by atoms with Gasteiger partial charge in [-0.2, -0.15) is 0 Å². The first-order chi connectivity index (χ1) is 10.0. The smallest absolute Gasteiger partial charge is 0.311 e. The Balaban J connectivity index is 2.08. The van der Waals surface area contributed by atoms with E-state index in [0.717, 1.165) is 10.7 Å². The van der Waals surface area contributed by atoms with Crippen LogP contribution >= 0.6 is 11.3 Å². The summed E-state index contributed by atoms with van der Waals surface area (Å²) in [5.41, 5.74) is 0.736. The average molecular weight is 310 g/mol. The van der Waals surface area contributed by atoms with E-state index >= 15 is 0 Å². The third kappa shape index (κ3) is 3.68. The van der Waals surface area contributed by atoms with Crippen molar-refractivity contribution in [3.05, 3.63) is 22.2 Å². The lowest BCUT2D eigenvalue weighted by Crippen LogP contribution is -2.45. The normalized spacial score (nSPS) is 21.8. The molecule has 1 aliphatic rings. The van der Waals surface area contributed by atoms with E-state index in [1.165, 1.54) is 17.4 Å². The molecule has 1 saturated heterocycles. The number of carboxylic acids is 1. The lowest BCUT2D eigenvalue weighted by Gasteiger charge is -2.28. The second-order valence-electron chi connectivity index (χ2n) is 4.80. The van der Waals surface area contributed by atoms with Crippen LogP contribution in [0.15, 0.2) is 11.5 Å². The summed E-state index contributed by atoms with van der Waals surface area (Å²) < 4.78 is 5.22. The second-order valence-corrected chi connectivity index (χ2v) is 5.86. The zero-order chi connectivity index (χ0) is 15.4. The van der Waals surface area contributed by atoms with Crippen LogP contribution in [0.2, 0.25) is 0 Å². The van der Waals surface area contributed by atoms with Crippen molar-refractivity contribution < 1.29 is 19.4 Å². The second kappa shape index (κ2) is 6.82. The van der Waals surface area contributed by atoms with Crippen molar-refractivity contribution in [2.45, 2.75) is 19.9 Å². The standard InChI is InChI=1S/C14H18N2O4S/c1-3-16(12-7-20-6-11(12)14(18)19)13(17)5-4-10-8-21-9(2)15-10/h4-5,8,11-12H,3,6-7H2,1-2H3,(H,18,19). The van der Waals surface area contributed by atoms with E-state index in [4.69, 9.17) is 4.74 Å². The van der Waals surface area contributed by atoms with Gasteiger partial charge in [0.05, 0.1) is 30.0 Å². The van der Waals surface area contributed by atoms with E-state index in [1.54, 1.807) is 11.0 Å². The molecular weight excluding hydrogens is 292 g/mol. The van der Waals surface area contributed by atoms with E-state index in [0.29, 0.717) is 6.54 Å². The van der Waals surface area contributed by atoms with Crippen molar-refractivity contribution in [3.63, 3.8) is 0 Å². The summed E-state index contributed by atoms with van der Waals surface area (Å²) in [5, 5.41) is 12.0. The zero-order valence-corrected chi connectivity index (χ0v) is 12.8. The van der Waals surface area contributed by atoms with Gasteiger partial charge in [0.15, 0.2) is 0 Å². The third-order valence-electron chi connectivity index (χ3n) is 3.43. The summed E-state index contributed by atoms with van der Waals surface area (Å²) in [6, 6.07) is -0.415. The number of nitrogens with zero attached hydrogens (tertiary/aromatic N) is 2. The summed E-state index contributed by atoms with van der Waals surface area (Å²) >= 11 is 1.51. The van der Waals surface area contributed by atoms with Crippen molar-refractivity contribution in [2.75, 3.05) is 19.8 Å². The van der Waals surface area contributed by atoms with Gasteiger partial charge in [0.2, 0.25) is 5.91 Å². The number of likely N-dealkylation sites (N-methyl/N-ethyl adjacent to an activating group) is 1. The molecule has 6 nitrogen and oxygen atoms in total. The van der Waals surface area contributed by atoms with Gasteiger partial charge in [0, 0.05) is 18.0 Å². The van der Waals surface area contributed by atoms with Crippen LogP contribution in [0, 0.1) is 12.8 Å². The minimum atomic E-state index is -0.928. The lowest BCUT2D eigenvalue weighted by atomic mass is 10.0. The van der Waals surface area contributed by atoms with Gasteiger partial charge in [-0.25, -0.2) is 4.98 Å². The van der Waals surface area contributed by atoms with Gasteiger partial charge in [0.1, 0.15) is 5.92 Å². The molecule has 1 amide bonds. The third-order valence-corrected chi connectivity index (χ3v) is 4.22. The summed E-state index contributed by atoms with van der Waals surface area (Å²) in [6.07, 6.45) is 3.09. The Labute approximate surface area is 127 Å². The molecule has 2 rings (SSSR count). The number of amides is 1. The van der Waals surface area contributed by atoms with Gasteiger partial charge in [-0.1, -0.05) is 0 Å². The minimum absolute atomic E-state index is 0.152.